The van der Waals surface area contributed by atoms with E-state index in [1.54, 1.807) is 0 Å². The van der Waals surface area contributed by atoms with Crippen molar-refractivity contribution in [2.24, 2.45) is 0 Å². The average molecular weight is 913 g/mol. The van der Waals surface area contributed by atoms with Gasteiger partial charge in [-0.1, -0.05) is 210 Å². The Bertz CT molecular complexity index is 3690. The van der Waals surface area contributed by atoms with Gasteiger partial charge in [0.15, 0.2) is 23.3 Å². The van der Waals surface area contributed by atoms with Gasteiger partial charge in [0.25, 0.3) is 0 Å². The Morgan fingerprint density at radius 3 is 1.10 bits per heavy atom. The Labute approximate surface area is 413 Å². The average Bonchev–Trinajstić information content (AvgIpc) is 3.73. The van der Waals surface area contributed by atoms with E-state index < -0.39 is 0 Å². The van der Waals surface area contributed by atoms with Gasteiger partial charge >= 0.3 is 0 Å². The lowest BCUT2D eigenvalue weighted by Gasteiger charge is -2.17. The molecule has 0 atom stereocenters. The number of fused-ring (bicyclic) bond motifs is 3. The van der Waals surface area contributed by atoms with Crippen LogP contribution in [0.2, 0.25) is 0 Å². The number of aromatic nitrogens is 6. The van der Waals surface area contributed by atoms with E-state index in [-0.39, 0.29) is 0 Å². The fourth-order valence-corrected chi connectivity index (χ4v) is 9.99. The second-order valence-corrected chi connectivity index (χ2v) is 18.5. The topological polar surface area (TPSA) is 69.4 Å². The van der Waals surface area contributed by atoms with E-state index in [1.165, 1.54) is 33.4 Å². The summed E-state index contributed by atoms with van der Waals surface area (Å²) in [7, 11) is 0. The maximum absolute atomic E-state index is 5.40. The van der Waals surface area contributed by atoms with Gasteiger partial charge in [-0.25, -0.2) is 24.9 Å². The molecule has 9 aromatic carbocycles. The molecule has 0 N–H and O–H groups in total. The molecule has 0 aliphatic heterocycles. The van der Waals surface area contributed by atoms with Crippen LogP contribution in [0.4, 0.5) is 0 Å². The molecule has 71 heavy (non-hydrogen) atoms. The zero-order chi connectivity index (χ0) is 48.0. The van der Waals surface area contributed by atoms with Crippen LogP contribution in [-0.4, -0.2) is 29.5 Å². The van der Waals surface area contributed by atoms with E-state index in [0.717, 1.165) is 83.4 Å². The lowest BCUT2D eigenvalue weighted by molar-refractivity contribution is 1.06. The standard InChI is InChI=1S/C65H48N6/c1-41-31-42(2)34-52(33-41)49-25-28-54-55-29-26-50(53-35-43(3)32-44(4)36-53)39-61(55)71(60(54)38-49)59-30-27-51(58-40-57(45-17-9-5-10-18-45)66-62(67-58)46-19-11-6-12-20-46)37-56(59)65-69-63(47-21-13-7-14-22-47)68-64(70-65)48-23-15-8-16-24-48/h5-40H,1-4H3. The summed E-state index contributed by atoms with van der Waals surface area (Å²) in [6, 6.07) is 76.9. The van der Waals surface area contributed by atoms with E-state index in [2.05, 4.69) is 178 Å². The van der Waals surface area contributed by atoms with Gasteiger partial charge in [-0.05, 0) is 80.3 Å². The van der Waals surface area contributed by atoms with Gasteiger partial charge in [0.2, 0.25) is 0 Å². The molecule has 0 saturated carbocycles. The van der Waals surface area contributed by atoms with Gasteiger partial charge in [-0.15, -0.1) is 0 Å². The van der Waals surface area contributed by atoms with Crippen molar-refractivity contribution in [3.63, 3.8) is 0 Å². The van der Waals surface area contributed by atoms with Gasteiger partial charge in [-0.2, -0.15) is 0 Å². The number of rotatable bonds is 9. The zero-order valence-corrected chi connectivity index (χ0v) is 40.0. The summed E-state index contributed by atoms with van der Waals surface area (Å²) < 4.78 is 2.42. The largest absolute Gasteiger partial charge is 0.308 e. The van der Waals surface area contributed by atoms with E-state index in [0.29, 0.717) is 23.3 Å². The van der Waals surface area contributed by atoms with Crippen molar-refractivity contribution in [3.05, 3.63) is 241 Å². The van der Waals surface area contributed by atoms with Crippen LogP contribution < -0.4 is 0 Å². The molecule has 3 heterocycles. The van der Waals surface area contributed by atoms with Crippen molar-refractivity contribution in [2.45, 2.75) is 27.7 Å². The Hall–Kier alpha value is -9.13. The summed E-state index contributed by atoms with van der Waals surface area (Å²) >= 11 is 0. The Morgan fingerprint density at radius 2 is 0.648 bits per heavy atom. The highest BCUT2D eigenvalue weighted by molar-refractivity contribution is 6.11. The monoisotopic (exact) mass is 912 g/mol. The van der Waals surface area contributed by atoms with Gasteiger partial charge in [0, 0.05) is 44.2 Å². The molecular weight excluding hydrogens is 865 g/mol. The summed E-state index contributed by atoms with van der Waals surface area (Å²) in [4.78, 5) is 26.4. The zero-order valence-electron chi connectivity index (χ0n) is 40.0. The van der Waals surface area contributed by atoms with Gasteiger partial charge in [-0.3, -0.25) is 0 Å². The third-order valence-corrected chi connectivity index (χ3v) is 13.2. The van der Waals surface area contributed by atoms with Crippen LogP contribution in [0.5, 0.6) is 0 Å². The van der Waals surface area contributed by atoms with Gasteiger partial charge in [0.05, 0.1) is 28.1 Å². The number of benzene rings is 9. The van der Waals surface area contributed by atoms with E-state index in [4.69, 9.17) is 24.9 Å². The smallest absolute Gasteiger partial charge is 0.166 e. The fraction of sp³-hybridized carbons (Fsp3) is 0.0615. The minimum absolute atomic E-state index is 0.543. The highest BCUT2D eigenvalue weighted by Crippen LogP contribution is 2.42. The molecule has 0 aliphatic carbocycles. The Balaban J connectivity index is 1.18. The third-order valence-electron chi connectivity index (χ3n) is 13.2. The molecule has 3 aromatic heterocycles. The molecule has 0 radical (unpaired) electrons. The van der Waals surface area contributed by atoms with Crippen LogP contribution in [0, 0.1) is 27.7 Å². The maximum Gasteiger partial charge on any atom is 0.166 e. The van der Waals surface area contributed by atoms with E-state index in [9.17, 15) is 0 Å². The number of hydrogen-bond acceptors (Lipinski definition) is 5. The van der Waals surface area contributed by atoms with Crippen molar-refractivity contribution in [2.75, 3.05) is 0 Å². The third kappa shape index (κ3) is 8.46. The van der Waals surface area contributed by atoms with Gasteiger partial charge < -0.3 is 4.57 Å². The molecule has 0 spiro atoms. The number of nitrogens with zero attached hydrogens (tertiary/aromatic N) is 6. The molecule has 6 nitrogen and oxygen atoms in total. The van der Waals surface area contributed by atoms with E-state index in [1.807, 2.05) is 72.8 Å². The van der Waals surface area contributed by atoms with E-state index >= 15 is 0 Å². The molecule has 12 aromatic rings. The first-order valence-electron chi connectivity index (χ1n) is 24.1. The fourth-order valence-electron chi connectivity index (χ4n) is 9.99. The molecule has 0 amide bonds. The van der Waals surface area contributed by atoms with Crippen LogP contribution in [-0.2, 0) is 0 Å². The lowest BCUT2D eigenvalue weighted by Crippen LogP contribution is -2.04. The van der Waals surface area contributed by atoms with Crippen LogP contribution >= 0.6 is 0 Å². The minimum atomic E-state index is 0.543. The Kier molecular flexibility index (Phi) is 11.0. The molecule has 0 unspecified atom stereocenters. The van der Waals surface area contributed by atoms with Gasteiger partial charge in [0.1, 0.15) is 0 Å². The first kappa shape index (κ1) is 43.2. The summed E-state index contributed by atoms with van der Waals surface area (Å²) in [5.41, 5.74) is 19.7. The first-order chi connectivity index (χ1) is 34.8. The summed E-state index contributed by atoms with van der Waals surface area (Å²) in [5, 5.41) is 2.30. The molecule has 6 heteroatoms. The number of hydrogen-bond donors (Lipinski definition) is 0. The normalized spacial score (nSPS) is 11.4. The second kappa shape index (κ2) is 18.1. The van der Waals surface area contributed by atoms with Crippen molar-refractivity contribution >= 4 is 21.8 Å². The first-order valence-corrected chi connectivity index (χ1v) is 24.1. The van der Waals surface area contributed by atoms with Crippen LogP contribution in [0.15, 0.2) is 218 Å². The molecule has 12 rings (SSSR count). The number of aryl methyl sites for hydroxylation is 4. The van der Waals surface area contributed by atoms with Crippen LogP contribution in [0.25, 0.3) is 118 Å². The minimum Gasteiger partial charge on any atom is -0.308 e. The van der Waals surface area contributed by atoms with Crippen molar-refractivity contribution in [3.8, 4) is 96.0 Å². The SMILES string of the molecule is Cc1cc(C)cc(-c2ccc3c4ccc(-c5cc(C)cc(C)c5)cc4n(-c4ccc(-c5cc(-c6ccccc6)nc(-c6ccccc6)n5)cc4-c4nc(-c5ccccc5)nc(-c5ccccc5)n4)c3c2)c1. The van der Waals surface area contributed by atoms with Crippen molar-refractivity contribution in [1.29, 1.82) is 0 Å². The summed E-state index contributed by atoms with van der Waals surface area (Å²) in [5.74, 6) is 2.36. The highest BCUT2D eigenvalue weighted by atomic mass is 15.1. The lowest BCUT2D eigenvalue weighted by atomic mass is 9.98. The summed E-state index contributed by atoms with van der Waals surface area (Å²) in [6.45, 7) is 8.67. The molecule has 0 fully saturated rings. The predicted molar refractivity (Wildman–Crippen MR) is 292 cm³/mol. The highest BCUT2D eigenvalue weighted by Gasteiger charge is 2.23. The second-order valence-electron chi connectivity index (χ2n) is 18.5. The van der Waals surface area contributed by atoms with Crippen molar-refractivity contribution < 1.29 is 0 Å². The van der Waals surface area contributed by atoms with Crippen molar-refractivity contribution in [1.82, 2.24) is 29.5 Å². The Morgan fingerprint density at radius 1 is 0.268 bits per heavy atom. The van der Waals surface area contributed by atoms with Crippen LogP contribution in [0.3, 0.4) is 0 Å². The molecule has 0 saturated heterocycles. The quantitative estimate of drug-likeness (QED) is 0.144. The molecule has 0 aliphatic rings. The summed E-state index contributed by atoms with van der Waals surface area (Å²) in [6.07, 6.45) is 0. The maximum atomic E-state index is 5.40. The molecule has 338 valence electrons. The predicted octanol–water partition coefficient (Wildman–Crippen LogP) is 16.3. The molecule has 0 bridgehead atoms. The molecular formula is C65H48N6. The van der Waals surface area contributed by atoms with Crippen LogP contribution in [0.1, 0.15) is 22.3 Å².